The number of aromatic nitrogens is 2. The van der Waals surface area contributed by atoms with Gasteiger partial charge in [-0.05, 0) is 53.8 Å². The summed E-state index contributed by atoms with van der Waals surface area (Å²) in [5, 5.41) is 0. The highest BCUT2D eigenvalue weighted by molar-refractivity contribution is 5.76. The van der Waals surface area contributed by atoms with Crippen LogP contribution in [0.3, 0.4) is 0 Å². The second-order valence-electron chi connectivity index (χ2n) is 8.27. The number of hydrogen-bond acceptors (Lipinski definition) is 1. The molecule has 4 aromatic carbocycles. The van der Waals surface area contributed by atoms with Gasteiger partial charge in [-0.3, -0.25) is 0 Å². The molecule has 0 saturated heterocycles. The molecule has 0 saturated carbocycles. The number of para-hydroxylation sites is 2. The molecule has 1 heterocycles. The molecule has 0 atom stereocenters. The molecule has 0 fully saturated rings. The topological polar surface area (TPSA) is 17.8 Å². The first-order valence-corrected chi connectivity index (χ1v) is 10.8. The fourth-order valence-electron chi connectivity index (χ4n) is 4.21. The van der Waals surface area contributed by atoms with E-state index < -0.39 is 0 Å². The van der Waals surface area contributed by atoms with Crippen molar-refractivity contribution in [3.8, 4) is 11.1 Å². The van der Waals surface area contributed by atoms with Gasteiger partial charge in [0.15, 0.2) is 0 Å². The van der Waals surface area contributed by atoms with E-state index in [-0.39, 0.29) is 0 Å². The number of rotatable bonds is 5. The molecule has 2 heteroatoms. The highest BCUT2D eigenvalue weighted by Crippen LogP contribution is 2.24. The van der Waals surface area contributed by atoms with E-state index >= 15 is 0 Å². The van der Waals surface area contributed by atoms with Gasteiger partial charge < -0.3 is 4.57 Å². The van der Waals surface area contributed by atoms with Crippen LogP contribution < -0.4 is 0 Å². The average molecular weight is 403 g/mol. The minimum absolute atomic E-state index is 0.814. The third-order valence-corrected chi connectivity index (χ3v) is 5.99. The van der Waals surface area contributed by atoms with Crippen molar-refractivity contribution in [1.82, 2.24) is 9.55 Å². The van der Waals surface area contributed by atoms with E-state index in [2.05, 4.69) is 115 Å². The standard InChI is InChI=1S/C29H26N2/c1-21-12-13-22(2)26(18-21)20-31-28-11-7-6-10-27(28)30-29(31)19-23-14-16-25(17-15-23)24-8-4-3-5-9-24/h3-18H,19-20H2,1-2H3. The van der Waals surface area contributed by atoms with Crippen molar-refractivity contribution >= 4 is 11.0 Å². The van der Waals surface area contributed by atoms with Gasteiger partial charge in [-0.2, -0.15) is 0 Å². The Morgan fingerprint density at radius 3 is 2.23 bits per heavy atom. The highest BCUT2D eigenvalue weighted by atomic mass is 15.1. The minimum Gasteiger partial charge on any atom is -0.323 e. The molecule has 5 rings (SSSR count). The van der Waals surface area contributed by atoms with Crippen molar-refractivity contribution < 1.29 is 0 Å². The Labute approximate surface area is 183 Å². The lowest BCUT2D eigenvalue weighted by molar-refractivity contribution is 0.758. The number of fused-ring (bicyclic) bond motifs is 1. The Bertz CT molecular complexity index is 1330. The molecule has 5 aromatic rings. The fourth-order valence-corrected chi connectivity index (χ4v) is 4.21. The molecule has 0 aliphatic carbocycles. The van der Waals surface area contributed by atoms with Crippen LogP contribution in [0, 0.1) is 13.8 Å². The fraction of sp³-hybridized carbons (Fsp3) is 0.138. The smallest absolute Gasteiger partial charge is 0.114 e. The summed E-state index contributed by atoms with van der Waals surface area (Å²) in [5.74, 6) is 1.11. The quantitative estimate of drug-likeness (QED) is 0.311. The molecule has 0 aliphatic rings. The third-order valence-electron chi connectivity index (χ3n) is 5.99. The Kier molecular flexibility index (Phi) is 5.13. The average Bonchev–Trinajstić information content (AvgIpc) is 3.14. The van der Waals surface area contributed by atoms with Crippen LogP contribution in [0.2, 0.25) is 0 Å². The van der Waals surface area contributed by atoms with E-state index in [1.807, 2.05) is 0 Å². The molecule has 0 unspecified atom stereocenters. The SMILES string of the molecule is Cc1ccc(C)c(Cn2c(Cc3ccc(-c4ccccc4)cc3)nc3ccccc32)c1. The minimum atomic E-state index is 0.814. The van der Waals surface area contributed by atoms with Gasteiger partial charge in [0, 0.05) is 13.0 Å². The van der Waals surface area contributed by atoms with Gasteiger partial charge in [0.2, 0.25) is 0 Å². The second kappa shape index (κ2) is 8.23. The van der Waals surface area contributed by atoms with Crippen LogP contribution in [-0.2, 0) is 13.0 Å². The van der Waals surface area contributed by atoms with Crippen LogP contribution in [-0.4, -0.2) is 9.55 Å². The number of hydrogen-bond donors (Lipinski definition) is 0. The predicted octanol–water partition coefficient (Wildman–Crippen LogP) is 6.96. The zero-order valence-electron chi connectivity index (χ0n) is 18.0. The van der Waals surface area contributed by atoms with Crippen molar-refractivity contribution in [2.24, 2.45) is 0 Å². The van der Waals surface area contributed by atoms with Gasteiger partial charge in [-0.15, -0.1) is 0 Å². The van der Waals surface area contributed by atoms with E-state index in [1.165, 1.54) is 38.9 Å². The molecule has 1 aromatic heterocycles. The zero-order chi connectivity index (χ0) is 21.2. The molecule has 2 nitrogen and oxygen atoms in total. The molecule has 152 valence electrons. The lowest BCUT2D eigenvalue weighted by atomic mass is 10.0. The normalized spacial score (nSPS) is 11.2. The van der Waals surface area contributed by atoms with Gasteiger partial charge in [-0.1, -0.05) is 90.5 Å². The first-order chi connectivity index (χ1) is 15.2. The van der Waals surface area contributed by atoms with Crippen LogP contribution >= 0.6 is 0 Å². The summed E-state index contributed by atoms with van der Waals surface area (Å²) in [6, 6.07) is 34.5. The molecule has 31 heavy (non-hydrogen) atoms. The van der Waals surface area contributed by atoms with Crippen LogP contribution in [0.4, 0.5) is 0 Å². The third kappa shape index (κ3) is 4.02. The summed E-state index contributed by atoms with van der Waals surface area (Å²) in [6.07, 6.45) is 0.814. The molecular weight excluding hydrogens is 376 g/mol. The highest BCUT2D eigenvalue weighted by Gasteiger charge is 2.13. The first kappa shape index (κ1) is 19.3. The van der Waals surface area contributed by atoms with Crippen molar-refractivity contribution in [2.45, 2.75) is 26.8 Å². The largest absolute Gasteiger partial charge is 0.323 e. The number of imidazole rings is 1. The molecule has 0 aliphatic heterocycles. The molecule has 0 bridgehead atoms. The first-order valence-electron chi connectivity index (χ1n) is 10.8. The van der Waals surface area contributed by atoms with Gasteiger partial charge >= 0.3 is 0 Å². The second-order valence-corrected chi connectivity index (χ2v) is 8.27. The number of benzene rings is 4. The van der Waals surface area contributed by atoms with E-state index in [0.717, 1.165) is 24.3 Å². The predicted molar refractivity (Wildman–Crippen MR) is 129 cm³/mol. The molecular formula is C29H26N2. The van der Waals surface area contributed by atoms with Gasteiger partial charge in [-0.25, -0.2) is 4.98 Å². The van der Waals surface area contributed by atoms with Crippen molar-refractivity contribution in [1.29, 1.82) is 0 Å². The summed E-state index contributed by atoms with van der Waals surface area (Å²) < 4.78 is 2.38. The van der Waals surface area contributed by atoms with Crippen LogP contribution in [0.25, 0.3) is 22.2 Å². The van der Waals surface area contributed by atoms with Crippen LogP contribution in [0.1, 0.15) is 28.1 Å². The van der Waals surface area contributed by atoms with Gasteiger partial charge in [0.1, 0.15) is 5.82 Å². The Morgan fingerprint density at radius 1 is 0.710 bits per heavy atom. The Morgan fingerprint density at radius 2 is 1.42 bits per heavy atom. The summed E-state index contributed by atoms with van der Waals surface area (Å²) in [7, 11) is 0. The van der Waals surface area contributed by atoms with Gasteiger partial charge in [0.05, 0.1) is 11.0 Å². The van der Waals surface area contributed by atoms with Crippen molar-refractivity contribution in [3.05, 3.63) is 125 Å². The molecule has 0 N–H and O–H groups in total. The van der Waals surface area contributed by atoms with E-state index in [1.54, 1.807) is 0 Å². The Hall–Kier alpha value is -3.65. The van der Waals surface area contributed by atoms with E-state index in [4.69, 9.17) is 4.98 Å². The van der Waals surface area contributed by atoms with Crippen molar-refractivity contribution in [2.75, 3.05) is 0 Å². The molecule has 0 radical (unpaired) electrons. The maximum Gasteiger partial charge on any atom is 0.114 e. The summed E-state index contributed by atoms with van der Waals surface area (Å²) in [6.45, 7) is 5.19. The molecule has 0 spiro atoms. The van der Waals surface area contributed by atoms with Crippen molar-refractivity contribution in [3.63, 3.8) is 0 Å². The summed E-state index contributed by atoms with van der Waals surface area (Å²) in [4.78, 5) is 5.00. The lowest BCUT2D eigenvalue weighted by Gasteiger charge is -2.13. The number of nitrogens with zero attached hydrogens (tertiary/aromatic N) is 2. The maximum atomic E-state index is 5.00. The van der Waals surface area contributed by atoms with Crippen LogP contribution in [0.5, 0.6) is 0 Å². The Balaban J connectivity index is 1.50. The van der Waals surface area contributed by atoms with E-state index in [9.17, 15) is 0 Å². The summed E-state index contributed by atoms with van der Waals surface area (Å²) in [5.41, 5.74) is 9.98. The number of aryl methyl sites for hydroxylation is 2. The summed E-state index contributed by atoms with van der Waals surface area (Å²) >= 11 is 0. The maximum absolute atomic E-state index is 5.00. The zero-order valence-corrected chi connectivity index (χ0v) is 18.0. The molecule has 0 amide bonds. The van der Waals surface area contributed by atoms with E-state index in [0.29, 0.717) is 0 Å². The monoisotopic (exact) mass is 402 g/mol. The van der Waals surface area contributed by atoms with Gasteiger partial charge in [0.25, 0.3) is 0 Å². The lowest BCUT2D eigenvalue weighted by Crippen LogP contribution is -2.07. The van der Waals surface area contributed by atoms with Crippen LogP contribution in [0.15, 0.2) is 97.1 Å².